The highest BCUT2D eigenvalue weighted by molar-refractivity contribution is 14.1. The summed E-state index contributed by atoms with van der Waals surface area (Å²) in [6, 6.07) is 35.8. The van der Waals surface area contributed by atoms with Gasteiger partial charge in [-0.2, -0.15) is 0 Å². The molecule has 0 unspecified atom stereocenters. The van der Waals surface area contributed by atoms with Crippen molar-refractivity contribution in [1.29, 1.82) is 0 Å². The van der Waals surface area contributed by atoms with Crippen molar-refractivity contribution in [3.63, 3.8) is 0 Å². The second-order valence-electron chi connectivity index (χ2n) is 38.4. The van der Waals surface area contributed by atoms with Crippen LogP contribution in [0.4, 0.5) is 0 Å². The Bertz CT molecular complexity index is 6960. The number of nitrogens with zero attached hydrogens (tertiary/aromatic N) is 13. The molecular weight excluding hydrogens is 2020 g/mol. The number of aryl methyl sites for hydroxylation is 2. The van der Waals surface area contributed by atoms with Gasteiger partial charge in [-0.1, -0.05) is 144 Å². The molecule has 0 N–H and O–H groups in total. The smallest absolute Gasteiger partial charge is 0.256 e. The Morgan fingerprint density at radius 1 is 0.560 bits per heavy atom. The van der Waals surface area contributed by atoms with Crippen molar-refractivity contribution in [2.45, 2.75) is 137 Å². The predicted octanol–water partition coefficient (Wildman–Crippen LogP) is 20.7. The second kappa shape index (κ2) is 45.7. The maximum Gasteiger partial charge on any atom is 0.256 e. The van der Waals surface area contributed by atoms with E-state index in [1.165, 1.54) is 43.1 Å². The van der Waals surface area contributed by atoms with Crippen molar-refractivity contribution in [2.24, 2.45) is 23.7 Å². The predicted molar refractivity (Wildman–Crippen MR) is 570 cm³/mol. The second-order valence-corrected chi connectivity index (χ2v) is 41.7. The largest absolute Gasteiger partial charge is 0.496 e. The van der Waals surface area contributed by atoms with Crippen LogP contribution in [0, 0.1) is 54.9 Å². The number of carbonyl (C=O) groups is 9. The Morgan fingerprint density at radius 3 is 1.67 bits per heavy atom. The number of ether oxygens (including phenoxy) is 2. The highest BCUT2D eigenvalue weighted by Gasteiger charge is 2.38. The number of Topliss-reactive ketones (excluding diaryl/α,β-unsaturated/α-hetero) is 4. The van der Waals surface area contributed by atoms with Crippen LogP contribution >= 0.6 is 73.3 Å². The van der Waals surface area contributed by atoms with E-state index < -0.39 is 0 Å². The quantitative estimate of drug-likeness (QED) is 0.0312. The molecule has 12 heterocycles. The van der Waals surface area contributed by atoms with Crippen LogP contribution in [-0.4, -0.2) is 215 Å². The van der Waals surface area contributed by atoms with Gasteiger partial charge in [0.05, 0.1) is 74.3 Å². The number of hydrogen-bond donors (Lipinski definition) is 0. The fourth-order valence-electron chi connectivity index (χ4n) is 21.1. The molecule has 0 bridgehead atoms. The summed E-state index contributed by atoms with van der Waals surface area (Å²) >= 11 is 25.3. The molecule has 24 nitrogen and oxygen atoms in total. The molecule has 6 aliphatic heterocycles. The van der Waals surface area contributed by atoms with E-state index in [0.29, 0.717) is 151 Å². The molecule has 7 aliphatic rings. The van der Waals surface area contributed by atoms with E-state index >= 15 is 0 Å². The van der Waals surface area contributed by atoms with Gasteiger partial charge >= 0.3 is 0 Å². The number of ketones is 4. The van der Waals surface area contributed by atoms with Crippen LogP contribution in [0.1, 0.15) is 125 Å². The van der Waals surface area contributed by atoms with Gasteiger partial charge in [0.25, 0.3) is 5.91 Å². The van der Waals surface area contributed by atoms with Gasteiger partial charge in [-0.25, -0.2) is 9.97 Å². The van der Waals surface area contributed by atoms with E-state index in [-0.39, 0.29) is 89.4 Å². The van der Waals surface area contributed by atoms with Crippen molar-refractivity contribution >= 4 is 175 Å². The summed E-state index contributed by atoms with van der Waals surface area (Å²) in [5.74, 6) is 2.45. The zero-order valence-corrected chi connectivity index (χ0v) is 86.8. The minimum absolute atomic E-state index is 0.00513. The topological polar surface area (TPSA) is 250 Å². The summed E-state index contributed by atoms with van der Waals surface area (Å²) in [4.78, 5) is 138. The first-order valence-electron chi connectivity index (χ1n) is 48.2. The number of aromatic nitrogens is 7. The number of likely N-dealkylation sites (tertiary alicyclic amines) is 4. The number of fused-ring (bicyclic) bond motifs is 5. The van der Waals surface area contributed by atoms with Gasteiger partial charge in [-0.15, -0.1) is 0 Å². The number of halogens is 5. The standard InChI is InChI=1S/C31H35BrN4O4.C29H33ClN4O2.C29H30ClN3O3.C23H20ClIN2O2/c1-33(2)12-5-8-30(38)36-16-21(17-36)14-24(37)19-35-20-27(26-15-23(32)9-10-28(26)35)31(39)34-13-11-25-22(18-34)6-4-7-29(25)40-3;1-4-26(36)33-14-20(15-33)11-23(35)16-34-19(3)27(24-12-22(30)10-18(2)29(24)34)25-13-31-17-32-28(25)21-8-6-5-7-9-21;1-4-27(35)32-15-20(16-32)12-23(34)17-33-19(3)28(25-13-22(30)11-18(2)29(25)33)26-14-31-8-5-24(26)21-6-9-36-10-7-21;1-2-23(29)27-11-15(12-27)9-17(28)13-26-14-21(25)19-8-7-16(10-22(19)26)18-5-3-4-6-20(18)24/h4-10,15,20-21H,11-14,16-19H2,1-3H3;4,10,12-13,17,20-21H,1,5-9,11,14-16H2,2-3H3;4-6,8,11,13-14,20H,1,7,9-10,12,15-17H2,2-3H3;2-8,10,14-15H,1,9,11-13H2/b8-5+;;;. The van der Waals surface area contributed by atoms with Crippen LogP contribution in [0.3, 0.4) is 0 Å². The maximum absolute atomic E-state index is 13.8. The van der Waals surface area contributed by atoms with Gasteiger partial charge in [-0.05, 0) is 208 Å². The zero-order valence-electron chi connectivity index (χ0n) is 80.8. The molecule has 141 heavy (non-hydrogen) atoms. The molecule has 12 aromatic rings. The van der Waals surface area contributed by atoms with Gasteiger partial charge in [0.2, 0.25) is 23.6 Å². The van der Waals surface area contributed by atoms with E-state index in [2.05, 4.69) is 122 Å². The van der Waals surface area contributed by atoms with Crippen LogP contribution in [0.25, 0.3) is 82.6 Å². The lowest BCUT2D eigenvalue weighted by Gasteiger charge is -2.38. The summed E-state index contributed by atoms with van der Waals surface area (Å²) in [5.41, 5.74) is 20.7. The van der Waals surface area contributed by atoms with Crippen molar-refractivity contribution in [1.82, 2.24) is 62.6 Å². The first-order valence-corrected chi connectivity index (χ1v) is 51.2. The molecule has 0 radical (unpaired) electrons. The minimum Gasteiger partial charge on any atom is -0.496 e. The van der Waals surface area contributed by atoms with Crippen molar-refractivity contribution in [3.8, 4) is 39.1 Å². The fraction of sp³-hybridized carbons (Fsp3) is 0.357. The highest BCUT2D eigenvalue weighted by Crippen LogP contribution is 2.46. The van der Waals surface area contributed by atoms with Gasteiger partial charge < -0.3 is 57.1 Å². The Kier molecular flexibility index (Phi) is 33.1. The monoisotopic (exact) mass is 2130 g/mol. The highest BCUT2D eigenvalue weighted by atomic mass is 127. The third-order valence-electron chi connectivity index (χ3n) is 28.1. The number of benzene rings is 6. The lowest BCUT2D eigenvalue weighted by molar-refractivity contribution is -0.134. The van der Waals surface area contributed by atoms with Gasteiger partial charge in [0, 0.05) is 259 Å². The molecule has 29 heteroatoms. The van der Waals surface area contributed by atoms with Gasteiger partial charge in [-0.3, -0.25) is 48.1 Å². The van der Waals surface area contributed by atoms with E-state index in [1.807, 2.05) is 169 Å². The van der Waals surface area contributed by atoms with Gasteiger partial charge in [0.1, 0.15) is 12.1 Å². The Morgan fingerprint density at radius 2 is 1.11 bits per heavy atom. The van der Waals surface area contributed by atoms with Crippen molar-refractivity contribution in [3.05, 3.63) is 276 Å². The van der Waals surface area contributed by atoms with Crippen LogP contribution in [0.2, 0.25) is 15.1 Å². The maximum atomic E-state index is 13.8. The number of methoxy groups -OCH3 is 1. The summed E-state index contributed by atoms with van der Waals surface area (Å²) in [6.07, 6.45) is 30.2. The molecule has 5 fully saturated rings. The Balaban J connectivity index is 0.000000136. The molecule has 19 rings (SSSR count). The lowest BCUT2D eigenvalue weighted by Crippen LogP contribution is -2.50. The third kappa shape index (κ3) is 23.3. The minimum atomic E-state index is -0.0741. The van der Waals surface area contributed by atoms with Crippen LogP contribution in [0.5, 0.6) is 5.75 Å². The molecule has 0 atom stereocenters. The van der Waals surface area contributed by atoms with E-state index in [1.54, 1.807) is 39.1 Å². The number of carbonyl (C=O) groups excluding carboxylic acids is 9. The van der Waals surface area contributed by atoms with Crippen LogP contribution in [-0.2, 0) is 82.2 Å². The Hall–Kier alpha value is -11.8. The molecule has 1 aliphatic carbocycles. The molecule has 6 aromatic carbocycles. The number of pyridine rings is 1. The van der Waals surface area contributed by atoms with E-state index in [0.717, 1.165) is 161 Å². The summed E-state index contributed by atoms with van der Waals surface area (Å²) in [5, 5.41) is 6.08. The molecule has 0 spiro atoms. The van der Waals surface area contributed by atoms with Gasteiger partial charge in [0.15, 0.2) is 23.1 Å². The molecule has 732 valence electrons. The first kappa shape index (κ1) is 102. The van der Waals surface area contributed by atoms with E-state index in [4.69, 9.17) is 49.3 Å². The summed E-state index contributed by atoms with van der Waals surface area (Å²) < 4.78 is 21.2. The summed E-state index contributed by atoms with van der Waals surface area (Å²) in [6.45, 7) is 28.0. The van der Waals surface area contributed by atoms with E-state index in [9.17, 15) is 43.2 Å². The normalized spacial score (nSPS) is 15.7. The average molecular weight is 2140 g/mol. The fourth-order valence-corrected chi connectivity index (χ4v) is 23.0. The van der Waals surface area contributed by atoms with Crippen LogP contribution in [0.15, 0.2) is 207 Å². The SMILES string of the molecule is C=CC(=O)N1CC(CC(=O)Cn2c(C)c(-c3cnccc3C3=CCOCC3)c3cc(Cl)cc(C)c32)C1.C=CC(=O)N1CC(CC(=O)Cn2c(C)c(-c3cncnc3C3CCCCC3)c3cc(Cl)cc(C)c32)C1.C=CC(=O)N1CC(CC(=O)Cn2cc(I)c3ccc(-c4ccccc4Cl)cc32)C1.COc1cccc2c1CCN(C(=O)c1cn(CC(=O)CC3CN(C(=O)/C=C/CN(C)C)C3)c3ccc(Br)cc13)C2. The molecule has 4 saturated heterocycles. The summed E-state index contributed by atoms with van der Waals surface area (Å²) in [7, 11) is 5.58. The average Bonchev–Trinajstić information content (AvgIpc) is 1.60. The Labute approximate surface area is 859 Å². The molecule has 1 saturated carbocycles. The van der Waals surface area contributed by atoms with Crippen LogP contribution < -0.4 is 4.74 Å². The first-order chi connectivity index (χ1) is 67.9. The number of likely N-dealkylation sites (N-methyl/N-ethyl adjacent to an activating group) is 1. The lowest BCUT2D eigenvalue weighted by atomic mass is 9.84. The van der Waals surface area contributed by atoms with Crippen molar-refractivity contribution in [2.75, 3.05) is 99.9 Å². The number of rotatable bonds is 29. The molecule has 6 aromatic heterocycles. The number of hydrogen-bond acceptors (Lipinski definition) is 15. The zero-order chi connectivity index (χ0) is 99.7. The number of amides is 5. The third-order valence-corrected chi connectivity index (χ3v) is 30.2. The molecule has 5 amide bonds. The van der Waals surface area contributed by atoms with Crippen molar-refractivity contribution < 1.29 is 52.6 Å². The molecular formula is C112H118BrCl3IN13O11.